The maximum Gasteiger partial charge on any atom is 0.379 e. The first-order valence-electron chi connectivity index (χ1n) is 8.44. The van der Waals surface area contributed by atoms with Gasteiger partial charge in [-0.2, -0.15) is 0 Å². The van der Waals surface area contributed by atoms with Gasteiger partial charge < -0.3 is 28.8 Å². The van der Waals surface area contributed by atoms with E-state index in [9.17, 15) is 9.59 Å². The molecule has 8 heteroatoms. The second-order valence-electron chi connectivity index (χ2n) is 5.00. The monoisotopic (exact) mass is 370 g/mol. The van der Waals surface area contributed by atoms with E-state index in [-0.39, 0.29) is 19.8 Å². The number of aliphatic hydroxyl groups is 1. The molecule has 0 aliphatic rings. The quantitative estimate of drug-likeness (QED) is 0.194. The summed E-state index contributed by atoms with van der Waals surface area (Å²) in [5, 5.41) is 8.51. The van der Waals surface area contributed by atoms with Crippen LogP contribution in [0, 0.1) is 0 Å². The largest absolute Gasteiger partial charge is 0.457 e. The Kier molecular flexibility index (Phi) is 13.2. The lowest BCUT2D eigenvalue weighted by Crippen LogP contribution is -2.20. The molecule has 0 atom stereocenters. The summed E-state index contributed by atoms with van der Waals surface area (Å²) >= 11 is 0. The van der Waals surface area contributed by atoms with Crippen LogP contribution >= 0.6 is 0 Å². The molecule has 1 aromatic rings. The molecule has 0 fully saturated rings. The first kappa shape index (κ1) is 22.2. The van der Waals surface area contributed by atoms with Gasteiger partial charge in [-0.05, 0) is 0 Å². The first-order valence-corrected chi connectivity index (χ1v) is 8.44. The van der Waals surface area contributed by atoms with E-state index in [1.54, 1.807) is 30.3 Å². The molecule has 1 aromatic carbocycles. The molecule has 26 heavy (non-hydrogen) atoms. The molecule has 0 aromatic heterocycles. The van der Waals surface area contributed by atoms with Gasteiger partial charge in [-0.15, -0.1) is 0 Å². The molecule has 0 heterocycles. The Morgan fingerprint density at radius 2 is 1.15 bits per heavy atom. The van der Waals surface area contributed by atoms with E-state index >= 15 is 0 Å². The number of Topliss-reactive ketones (excluding diaryl/α,β-unsaturated/α-hetero) is 1. The summed E-state index contributed by atoms with van der Waals surface area (Å²) in [6.45, 7) is 3.03. The molecule has 1 rings (SSSR count). The molecular formula is C18H26O8. The molecule has 8 nitrogen and oxygen atoms in total. The molecular weight excluding hydrogens is 344 g/mol. The number of ether oxygens (including phenoxy) is 5. The third kappa shape index (κ3) is 10.9. The van der Waals surface area contributed by atoms with Crippen LogP contribution in [0.3, 0.4) is 0 Å². The molecule has 0 radical (unpaired) electrons. The fourth-order valence-electron chi connectivity index (χ4n) is 1.79. The lowest BCUT2D eigenvalue weighted by molar-refractivity contribution is -0.139. The molecule has 0 unspecified atom stereocenters. The predicted molar refractivity (Wildman–Crippen MR) is 92.1 cm³/mol. The van der Waals surface area contributed by atoms with Crippen LogP contribution in [0.1, 0.15) is 10.4 Å². The van der Waals surface area contributed by atoms with Crippen molar-refractivity contribution < 1.29 is 38.4 Å². The zero-order valence-electron chi connectivity index (χ0n) is 14.8. The number of carbonyl (C=O) groups excluding carboxylic acids is 2. The van der Waals surface area contributed by atoms with Crippen LogP contribution in [0.25, 0.3) is 0 Å². The van der Waals surface area contributed by atoms with Crippen molar-refractivity contribution in [1.29, 1.82) is 0 Å². The van der Waals surface area contributed by atoms with Gasteiger partial charge in [-0.1, -0.05) is 30.3 Å². The van der Waals surface area contributed by atoms with Crippen molar-refractivity contribution >= 4 is 11.8 Å². The van der Waals surface area contributed by atoms with Crippen LogP contribution in [0.2, 0.25) is 0 Å². The fraction of sp³-hybridized carbons (Fsp3) is 0.556. The fourth-order valence-corrected chi connectivity index (χ4v) is 1.79. The highest BCUT2D eigenvalue weighted by molar-refractivity contribution is 6.40. The SMILES string of the molecule is O=C(OCCOCCOCCOCCOCCO)C(=O)c1ccccc1. The highest BCUT2D eigenvalue weighted by Gasteiger charge is 2.16. The summed E-state index contributed by atoms with van der Waals surface area (Å²) in [6.07, 6.45) is 0. The highest BCUT2D eigenvalue weighted by atomic mass is 16.6. The summed E-state index contributed by atoms with van der Waals surface area (Å²) < 4.78 is 25.7. The van der Waals surface area contributed by atoms with Crippen molar-refractivity contribution in [2.45, 2.75) is 0 Å². The third-order valence-electron chi connectivity index (χ3n) is 3.03. The van der Waals surface area contributed by atoms with Gasteiger partial charge >= 0.3 is 5.97 Å². The number of ketones is 1. The number of rotatable bonds is 16. The number of hydrogen-bond acceptors (Lipinski definition) is 8. The lowest BCUT2D eigenvalue weighted by Gasteiger charge is -2.07. The smallest absolute Gasteiger partial charge is 0.379 e. The second kappa shape index (κ2) is 15.4. The minimum atomic E-state index is -0.892. The average Bonchev–Trinajstić information content (AvgIpc) is 2.68. The number of aliphatic hydroxyl groups excluding tert-OH is 1. The van der Waals surface area contributed by atoms with E-state index in [4.69, 9.17) is 28.8 Å². The van der Waals surface area contributed by atoms with Gasteiger partial charge in [0.05, 0.1) is 59.5 Å². The van der Waals surface area contributed by atoms with Crippen LogP contribution < -0.4 is 0 Å². The maximum atomic E-state index is 11.7. The van der Waals surface area contributed by atoms with Gasteiger partial charge in [0.15, 0.2) is 0 Å². The van der Waals surface area contributed by atoms with Gasteiger partial charge in [-0.25, -0.2) is 4.79 Å². The van der Waals surface area contributed by atoms with Crippen molar-refractivity contribution in [1.82, 2.24) is 0 Å². The third-order valence-corrected chi connectivity index (χ3v) is 3.03. The molecule has 0 saturated heterocycles. The van der Waals surface area contributed by atoms with E-state index in [2.05, 4.69) is 0 Å². The Morgan fingerprint density at radius 3 is 1.65 bits per heavy atom. The number of esters is 1. The number of benzene rings is 1. The molecule has 0 bridgehead atoms. The Morgan fingerprint density at radius 1 is 0.692 bits per heavy atom. The lowest BCUT2D eigenvalue weighted by atomic mass is 10.1. The van der Waals surface area contributed by atoms with Gasteiger partial charge in [0.25, 0.3) is 5.78 Å². The zero-order valence-corrected chi connectivity index (χ0v) is 14.8. The molecule has 146 valence electrons. The van der Waals surface area contributed by atoms with E-state index in [1.165, 1.54) is 0 Å². The summed E-state index contributed by atoms with van der Waals surface area (Å²) in [5.41, 5.74) is 0.300. The van der Waals surface area contributed by atoms with Crippen molar-refractivity contribution in [2.24, 2.45) is 0 Å². The molecule has 1 N–H and O–H groups in total. The zero-order chi connectivity index (χ0) is 18.9. The molecule has 0 aliphatic heterocycles. The summed E-state index contributed by atoms with van der Waals surface area (Å²) in [5.74, 6) is -1.56. The molecule has 0 aliphatic carbocycles. The molecule has 0 saturated carbocycles. The standard InChI is InChI=1S/C18H26O8/c19-6-7-22-8-9-23-10-11-24-12-13-25-14-15-26-18(21)17(20)16-4-2-1-3-5-16/h1-5,19H,6-15H2. The van der Waals surface area contributed by atoms with Crippen LogP contribution in [0.4, 0.5) is 0 Å². The van der Waals surface area contributed by atoms with Gasteiger partial charge in [-0.3, -0.25) is 4.79 Å². The maximum absolute atomic E-state index is 11.7. The normalized spacial score (nSPS) is 10.7. The van der Waals surface area contributed by atoms with Crippen molar-refractivity contribution in [3.05, 3.63) is 35.9 Å². The van der Waals surface area contributed by atoms with E-state index in [1.807, 2.05) is 0 Å². The van der Waals surface area contributed by atoms with Crippen molar-refractivity contribution in [3.8, 4) is 0 Å². The first-order chi connectivity index (χ1) is 12.8. The Bertz CT molecular complexity index is 491. The van der Waals surface area contributed by atoms with Gasteiger partial charge in [0.2, 0.25) is 0 Å². The van der Waals surface area contributed by atoms with Crippen molar-refractivity contribution in [3.63, 3.8) is 0 Å². The summed E-state index contributed by atoms with van der Waals surface area (Å²) in [7, 11) is 0. The predicted octanol–water partition coefficient (Wildman–Crippen LogP) is 0.471. The van der Waals surface area contributed by atoms with Gasteiger partial charge in [0, 0.05) is 5.56 Å². The van der Waals surface area contributed by atoms with Crippen molar-refractivity contribution in [2.75, 3.05) is 66.1 Å². The van der Waals surface area contributed by atoms with Gasteiger partial charge in [0.1, 0.15) is 6.61 Å². The minimum absolute atomic E-state index is 0.00560. The minimum Gasteiger partial charge on any atom is -0.457 e. The van der Waals surface area contributed by atoms with E-state index in [0.29, 0.717) is 51.8 Å². The average molecular weight is 370 g/mol. The molecule has 0 spiro atoms. The Balaban J connectivity index is 1.87. The highest BCUT2D eigenvalue weighted by Crippen LogP contribution is 2.01. The Hall–Kier alpha value is -1.84. The van der Waals surface area contributed by atoms with Crippen LogP contribution in [-0.2, 0) is 28.5 Å². The van der Waals surface area contributed by atoms with E-state index in [0.717, 1.165) is 0 Å². The number of hydrogen-bond donors (Lipinski definition) is 1. The second-order valence-corrected chi connectivity index (χ2v) is 5.00. The summed E-state index contributed by atoms with van der Waals surface area (Å²) in [4.78, 5) is 23.3. The Labute approximate surface area is 152 Å². The summed E-state index contributed by atoms with van der Waals surface area (Å²) in [6, 6.07) is 8.24. The van der Waals surface area contributed by atoms with Crippen LogP contribution in [-0.4, -0.2) is 82.9 Å². The topological polar surface area (TPSA) is 101 Å². The van der Waals surface area contributed by atoms with Crippen LogP contribution in [0.5, 0.6) is 0 Å². The van der Waals surface area contributed by atoms with Crippen LogP contribution in [0.15, 0.2) is 30.3 Å². The van der Waals surface area contributed by atoms with E-state index < -0.39 is 11.8 Å². The number of carbonyl (C=O) groups is 2. The molecule has 0 amide bonds.